The summed E-state index contributed by atoms with van der Waals surface area (Å²) in [4.78, 5) is 4.40. The molecule has 0 unspecified atom stereocenters. The van der Waals surface area contributed by atoms with E-state index in [9.17, 15) is 0 Å². The molecule has 0 amide bonds. The van der Waals surface area contributed by atoms with Crippen molar-refractivity contribution in [2.45, 2.75) is 31.2 Å². The Bertz CT molecular complexity index is 625. The van der Waals surface area contributed by atoms with Crippen molar-refractivity contribution in [3.05, 3.63) is 41.5 Å². The second-order valence-corrected chi connectivity index (χ2v) is 5.43. The third-order valence-electron chi connectivity index (χ3n) is 3.92. The van der Waals surface area contributed by atoms with Crippen LogP contribution in [0, 0.1) is 0 Å². The standard InChI is InChI=1S/C16H19N3O2/c1-20-13-7-4-12(5-8-13)6-9-14-18-15(19-21-14)16(17)10-2-3-11-16/h4-9H,2-3,10-11,17H2,1H3/b9-6+. The van der Waals surface area contributed by atoms with Crippen LogP contribution in [0.2, 0.25) is 0 Å². The predicted octanol–water partition coefficient (Wildman–Crippen LogP) is 2.98. The maximum Gasteiger partial charge on any atom is 0.250 e. The Balaban J connectivity index is 1.72. The molecule has 5 nitrogen and oxygen atoms in total. The highest BCUT2D eigenvalue weighted by molar-refractivity contribution is 5.66. The zero-order chi connectivity index (χ0) is 14.7. The van der Waals surface area contributed by atoms with Gasteiger partial charge >= 0.3 is 0 Å². The molecule has 5 heteroatoms. The number of ether oxygens (including phenoxy) is 1. The number of rotatable bonds is 4. The first kappa shape index (κ1) is 13.8. The highest BCUT2D eigenvalue weighted by atomic mass is 16.5. The Morgan fingerprint density at radius 3 is 2.57 bits per heavy atom. The third kappa shape index (κ3) is 2.97. The number of aromatic nitrogens is 2. The van der Waals surface area contributed by atoms with Gasteiger partial charge in [0.15, 0.2) is 5.82 Å². The molecule has 0 saturated heterocycles. The van der Waals surface area contributed by atoms with E-state index in [2.05, 4.69) is 10.1 Å². The number of methoxy groups -OCH3 is 1. The lowest BCUT2D eigenvalue weighted by atomic mass is 9.99. The molecule has 0 spiro atoms. The zero-order valence-electron chi connectivity index (χ0n) is 12.1. The number of benzene rings is 1. The van der Waals surface area contributed by atoms with Crippen molar-refractivity contribution < 1.29 is 9.26 Å². The van der Waals surface area contributed by atoms with Gasteiger partial charge in [-0.15, -0.1) is 0 Å². The molecule has 0 aliphatic heterocycles. The predicted molar refractivity (Wildman–Crippen MR) is 80.6 cm³/mol. The van der Waals surface area contributed by atoms with Gasteiger partial charge in [-0.25, -0.2) is 0 Å². The summed E-state index contributed by atoms with van der Waals surface area (Å²) in [5, 5.41) is 4.03. The van der Waals surface area contributed by atoms with Crippen LogP contribution in [-0.4, -0.2) is 17.3 Å². The van der Waals surface area contributed by atoms with Gasteiger partial charge < -0.3 is 15.0 Å². The van der Waals surface area contributed by atoms with Crippen LogP contribution >= 0.6 is 0 Å². The van der Waals surface area contributed by atoms with Crippen LogP contribution in [0.15, 0.2) is 28.8 Å². The highest BCUT2D eigenvalue weighted by Crippen LogP contribution is 2.34. The summed E-state index contributed by atoms with van der Waals surface area (Å²) in [6, 6.07) is 7.75. The monoisotopic (exact) mass is 285 g/mol. The van der Waals surface area contributed by atoms with Crippen molar-refractivity contribution in [3.8, 4) is 5.75 Å². The average molecular weight is 285 g/mol. The summed E-state index contributed by atoms with van der Waals surface area (Å²) in [7, 11) is 1.65. The number of nitrogens with two attached hydrogens (primary N) is 1. The summed E-state index contributed by atoms with van der Waals surface area (Å²) >= 11 is 0. The fourth-order valence-electron chi connectivity index (χ4n) is 2.62. The van der Waals surface area contributed by atoms with Crippen molar-refractivity contribution in [2.75, 3.05) is 7.11 Å². The van der Waals surface area contributed by atoms with E-state index in [1.807, 2.05) is 30.3 Å². The van der Waals surface area contributed by atoms with E-state index in [-0.39, 0.29) is 0 Å². The van der Waals surface area contributed by atoms with Crippen LogP contribution < -0.4 is 10.5 Å². The fourth-order valence-corrected chi connectivity index (χ4v) is 2.62. The van der Waals surface area contributed by atoms with Crippen LogP contribution in [0.25, 0.3) is 12.2 Å². The maximum absolute atomic E-state index is 6.31. The van der Waals surface area contributed by atoms with E-state index in [0.717, 1.165) is 37.0 Å². The zero-order valence-corrected chi connectivity index (χ0v) is 12.1. The summed E-state index contributed by atoms with van der Waals surface area (Å²) in [5.41, 5.74) is 6.94. The van der Waals surface area contributed by atoms with Gasteiger partial charge in [-0.1, -0.05) is 30.1 Å². The van der Waals surface area contributed by atoms with Crippen molar-refractivity contribution in [1.82, 2.24) is 10.1 Å². The Morgan fingerprint density at radius 2 is 1.90 bits per heavy atom. The molecule has 0 bridgehead atoms. The summed E-state index contributed by atoms with van der Waals surface area (Å²) in [5.74, 6) is 1.94. The lowest BCUT2D eigenvalue weighted by Crippen LogP contribution is -2.34. The quantitative estimate of drug-likeness (QED) is 0.934. The van der Waals surface area contributed by atoms with Crippen LogP contribution in [0.4, 0.5) is 0 Å². The van der Waals surface area contributed by atoms with E-state index < -0.39 is 5.54 Å². The average Bonchev–Trinajstić information content (AvgIpc) is 3.15. The molecule has 1 saturated carbocycles. The number of hydrogen-bond acceptors (Lipinski definition) is 5. The molecule has 0 atom stereocenters. The van der Waals surface area contributed by atoms with Crippen LogP contribution in [-0.2, 0) is 5.54 Å². The molecular formula is C16H19N3O2. The molecule has 1 aromatic carbocycles. The molecule has 0 radical (unpaired) electrons. The molecule has 3 rings (SSSR count). The Hall–Kier alpha value is -2.14. The fraction of sp³-hybridized carbons (Fsp3) is 0.375. The van der Waals surface area contributed by atoms with E-state index >= 15 is 0 Å². The van der Waals surface area contributed by atoms with E-state index in [4.69, 9.17) is 15.0 Å². The normalized spacial score (nSPS) is 17.4. The largest absolute Gasteiger partial charge is 0.497 e. The highest BCUT2D eigenvalue weighted by Gasteiger charge is 2.35. The van der Waals surface area contributed by atoms with Gasteiger partial charge in [0, 0.05) is 6.08 Å². The summed E-state index contributed by atoms with van der Waals surface area (Å²) in [6.45, 7) is 0. The minimum absolute atomic E-state index is 0.407. The Morgan fingerprint density at radius 1 is 1.19 bits per heavy atom. The molecule has 110 valence electrons. The maximum atomic E-state index is 6.31. The van der Waals surface area contributed by atoms with Crippen LogP contribution in [0.3, 0.4) is 0 Å². The Labute approximate surface area is 123 Å². The van der Waals surface area contributed by atoms with E-state index in [1.54, 1.807) is 13.2 Å². The molecule has 2 aromatic rings. The SMILES string of the molecule is COc1ccc(/C=C/c2nc(C3(N)CCCC3)no2)cc1. The first-order valence-corrected chi connectivity index (χ1v) is 7.15. The molecule has 1 aliphatic carbocycles. The second kappa shape index (κ2) is 5.69. The molecular weight excluding hydrogens is 266 g/mol. The van der Waals surface area contributed by atoms with E-state index in [0.29, 0.717) is 11.7 Å². The van der Waals surface area contributed by atoms with Crippen LogP contribution in [0.5, 0.6) is 5.75 Å². The lowest BCUT2D eigenvalue weighted by molar-refractivity contribution is 0.364. The van der Waals surface area contributed by atoms with Crippen LogP contribution in [0.1, 0.15) is 43.0 Å². The molecule has 2 N–H and O–H groups in total. The molecule has 1 aromatic heterocycles. The van der Waals surface area contributed by atoms with Gasteiger partial charge in [-0.05, 0) is 36.6 Å². The van der Waals surface area contributed by atoms with Crippen molar-refractivity contribution in [3.63, 3.8) is 0 Å². The molecule has 1 aliphatic rings. The number of hydrogen-bond donors (Lipinski definition) is 1. The lowest BCUT2D eigenvalue weighted by Gasteiger charge is -2.17. The summed E-state index contributed by atoms with van der Waals surface area (Å²) in [6.07, 6.45) is 7.83. The third-order valence-corrected chi connectivity index (χ3v) is 3.92. The minimum Gasteiger partial charge on any atom is -0.497 e. The Kier molecular flexibility index (Phi) is 3.75. The van der Waals surface area contributed by atoms with Crippen molar-refractivity contribution in [2.24, 2.45) is 5.73 Å². The molecule has 21 heavy (non-hydrogen) atoms. The molecule has 1 fully saturated rings. The van der Waals surface area contributed by atoms with Gasteiger partial charge in [0.25, 0.3) is 5.89 Å². The second-order valence-electron chi connectivity index (χ2n) is 5.43. The number of nitrogens with zero attached hydrogens (tertiary/aromatic N) is 2. The molecule has 1 heterocycles. The van der Waals surface area contributed by atoms with Crippen molar-refractivity contribution in [1.29, 1.82) is 0 Å². The first-order chi connectivity index (χ1) is 10.2. The van der Waals surface area contributed by atoms with Gasteiger partial charge in [0.1, 0.15) is 5.75 Å². The van der Waals surface area contributed by atoms with Gasteiger partial charge in [0.2, 0.25) is 0 Å². The van der Waals surface area contributed by atoms with Crippen molar-refractivity contribution >= 4 is 12.2 Å². The van der Waals surface area contributed by atoms with Gasteiger partial charge in [-0.2, -0.15) is 4.98 Å². The summed E-state index contributed by atoms with van der Waals surface area (Å²) < 4.78 is 10.4. The van der Waals surface area contributed by atoms with E-state index in [1.165, 1.54) is 0 Å². The van der Waals surface area contributed by atoms with Gasteiger partial charge in [-0.3, -0.25) is 0 Å². The first-order valence-electron chi connectivity index (χ1n) is 7.15. The minimum atomic E-state index is -0.407. The topological polar surface area (TPSA) is 74.2 Å². The smallest absolute Gasteiger partial charge is 0.250 e. The van der Waals surface area contributed by atoms with Gasteiger partial charge in [0.05, 0.1) is 12.6 Å².